The Morgan fingerprint density at radius 3 is 2.38 bits per heavy atom. The van der Waals surface area contributed by atoms with E-state index in [0.717, 1.165) is 0 Å². The summed E-state index contributed by atoms with van der Waals surface area (Å²) in [6.07, 6.45) is 0. The fraction of sp³-hybridized carbons (Fsp3) is 0.0667. The minimum atomic E-state index is -0.425. The van der Waals surface area contributed by atoms with Crippen LogP contribution < -0.4 is 16.4 Å². The molecule has 6 heteroatoms. The van der Waals surface area contributed by atoms with Gasteiger partial charge in [0.05, 0.1) is 27.5 Å². The van der Waals surface area contributed by atoms with Crippen molar-refractivity contribution in [1.82, 2.24) is 5.32 Å². The van der Waals surface area contributed by atoms with Gasteiger partial charge in [0.25, 0.3) is 11.8 Å². The molecule has 2 rings (SSSR count). The zero-order chi connectivity index (χ0) is 15.4. The number of rotatable bonds is 3. The van der Waals surface area contributed by atoms with Crippen LogP contribution in [0.1, 0.15) is 20.7 Å². The predicted octanol–water partition coefficient (Wildman–Crippen LogP) is 2.53. The first-order chi connectivity index (χ1) is 10.0. The van der Waals surface area contributed by atoms with Gasteiger partial charge < -0.3 is 16.4 Å². The highest BCUT2D eigenvalue weighted by molar-refractivity contribution is 6.34. The smallest absolute Gasteiger partial charge is 0.257 e. The second-order valence-corrected chi connectivity index (χ2v) is 4.69. The van der Waals surface area contributed by atoms with Crippen LogP contribution in [0.3, 0.4) is 0 Å². The lowest BCUT2D eigenvalue weighted by atomic mass is 10.1. The zero-order valence-electron chi connectivity index (χ0n) is 11.3. The van der Waals surface area contributed by atoms with Gasteiger partial charge in [-0.3, -0.25) is 9.59 Å². The second kappa shape index (κ2) is 6.28. The third-order valence-electron chi connectivity index (χ3n) is 2.94. The van der Waals surface area contributed by atoms with Crippen molar-refractivity contribution in [1.29, 1.82) is 0 Å². The predicted molar refractivity (Wildman–Crippen MR) is 83.6 cm³/mol. The number of carbonyl (C=O) groups excluding carboxylic acids is 2. The average molecular weight is 304 g/mol. The highest BCUT2D eigenvalue weighted by atomic mass is 35.5. The Bertz CT molecular complexity index is 701. The van der Waals surface area contributed by atoms with Crippen LogP contribution in [-0.2, 0) is 0 Å². The highest BCUT2D eigenvalue weighted by Crippen LogP contribution is 2.24. The van der Waals surface area contributed by atoms with E-state index in [2.05, 4.69) is 10.6 Å². The molecule has 2 amide bonds. The first-order valence-electron chi connectivity index (χ1n) is 6.21. The van der Waals surface area contributed by atoms with Crippen LogP contribution in [0.5, 0.6) is 0 Å². The SMILES string of the molecule is CNC(=O)c1ccccc1NC(=O)c1cccc(Cl)c1N. The third kappa shape index (κ3) is 3.14. The van der Waals surface area contributed by atoms with Crippen LogP contribution in [0, 0.1) is 0 Å². The van der Waals surface area contributed by atoms with Crippen molar-refractivity contribution in [3.63, 3.8) is 0 Å². The van der Waals surface area contributed by atoms with Crippen LogP contribution in [-0.4, -0.2) is 18.9 Å². The largest absolute Gasteiger partial charge is 0.397 e. The monoisotopic (exact) mass is 303 g/mol. The van der Waals surface area contributed by atoms with Crippen molar-refractivity contribution in [2.24, 2.45) is 0 Å². The Morgan fingerprint density at radius 2 is 1.67 bits per heavy atom. The van der Waals surface area contributed by atoms with Crippen molar-refractivity contribution in [2.75, 3.05) is 18.1 Å². The number of anilines is 2. The molecule has 5 nitrogen and oxygen atoms in total. The molecule has 0 atom stereocenters. The molecule has 21 heavy (non-hydrogen) atoms. The number of halogens is 1. The summed E-state index contributed by atoms with van der Waals surface area (Å²) in [4.78, 5) is 24.0. The van der Waals surface area contributed by atoms with Gasteiger partial charge in [-0.15, -0.1) is 0 Å². The molecule has 4 N–H and O–H groups in total. The maximum atomic E-state index is 12.3. The first-order valence-corrected chi connectivity index (χ1v) is 6.59. The summed E-state index contributed by atoms with van der Waals surface area (Å²) in [5.41, 5.74) is 7.02. The molecular weight excluding hydrogens is 290 g/mol. The number of hydrogen-bond donors (Lipinski definition) is 3. The van der Waals surface area contributed by atoms with Gasteiger partial charge >= 0.3 is 0 Å². The summed E-state index contributed by atoms with van der Waals surface area (Å²) in [6, 6.07) is 11.5. The summed E-state index contributed by atoms with van der Waals surface area (Å²) in [5, 5.41) is 5.50. The average Bonchev–Trinajstić information content (AvgIpc) is 2.49. The number of hydrogen-bond acceptors (Lipinski definition) is 3. The van der Waals surface area contributed by atoms with Gasteiger partial charge in [0.2, 0.25) is 0 Å². The lowest BCUT2D eigenvalue weighted by Gasteiger charge is -2.11. The van der Waals surface area contributed by atoms with Gasteiger partial charge in [-0.1, -0.05) is 29.8 Å². The Hall–Kier alpha value is -2.53. The molecule has 0 aliphatic rings. The molecule has 2 aromatic rings. The normalized spacial score (nSPS) is 10.0. The maximum Gasteiger partial charge on any atom is 0.257 e. The van der Waals surface area contributed by atoms with Gasteiger partial charge in [-0.25, -0.2) is 0 Å². The Labute approximate surface area is 127 Å². The fourth-order valence-electron chi connectivity index (χ4n) is 1.85. The van der Waals surface area contributed by atoms with Crippen molar-refractivity contribution >= 4 is 34.8 Å². The van der Waals surface area contributed by atoms with Gasteiger partial charge in [0.1, 0.15) is 0 Å². The number of amides is 2. The quantitative estimate of drug-likeness (QED) is 0.762. The van der Waals surface area contributed by atoms with Gasteiger partial charge in [-0.05, 0) is 24.3 Å². The lowest BCUT2D eigenvalue weighted by molar-refractivity contribution is 0.0964. The minimum absolute atomic E-state index is 0.203. The molecule has 0 spiro atoms. The molecule has 2 aromatic carbocycles. The number of para-hydroxylation sites is 2. The molecule has 0 aliphatic carbocycles. The topological polar surface area (TPSA) is 84.2 Å². The van der Waals surface area contributed by atoms with Crippen molar-refractivity contribution < 1.29 is 9.59 Å². The summed E-state index contributed by atoms with van der Waals surface area (Å²) in [6.45, 7) is 0. The first kappa shape index (κ1) is 14.9. The Morgan fingerprint density at radius 1 is 1.00 bits per heavy atom. The molecule has 0 bridgehead atoms. The molecule has 0 unspecified atom stereocenters. The molecule has 0 saturated heterocycles. The van der Waals surface area contributed by atoms with E-state index in [1.807, 2.05) is 0 Å². The van der Waals surface area contributed by atoms with E-state index in [9.17, 15) is 9.59 Å². The lowest BCUT2D eigenvalue weighted by Crippen LogP contribution is -2.21. The van der Waals surface area contributed by atoms with Gasteiger partial charge in [0.15, 0.2) is 0 Å². The zero-order valence-corrected chi connectivity index (χ0v) is 12.1. The minimum Gasteiger partial charge on any atom is -0.397 e. The van der Waals surface area contributed by atoms with Crippen LogP contribution in [0.4, 0.5) is 11.4 Å². The van der Waals surface area contributed by atoms with Crippen LogP contribution >= 0.6 is 11.6 Å². The number of nitrogens with one attached hydrogen (secondary N) is 2. The molecule has 0 aliphatic heterocycles. The third-order valence-corrected chi connectivity index (χ3v) is 3.27. The summed E-state index contributed by atoms with van der Waals surface area (Å²) < 4.78 is 0. The number of carbonyl (C=O) groups is 2. The van der Waals surface area contributed by atoms with Crippen LogP contribution in [0.15, 0.2) is 42.5 Å². The van der Waals surface area contributed by atoms with Crippen LogP contribution in [0.2, 0.25) is 5.02 Å². The van der Waals surface area contributed by atoms with E-state index in [0.29, 0.717) is 16.3 Å². The van der Waals surface area contributed by atoms with Crippen LogP contribution in [0.25, 0.3) is 0 Å². The standard InChI is InChI=1S/C15H14ClN3O2/c1-18-14(20)9-5-2-3-8-12(9)19-15(21)10-6-4-7-11(16)13(10)17/h2-8H,17H2,1H3,(H,18,20)(H,19,21). The van der Waals surface area contributed by atoms with E-state index in [1.165, 1.54) is 7.05 Å². The Kier molecular flexibility index (Phi) is 4.45. The van der Waals surface area contributed by atoms with E-state index in [-0.39, 0.29) is 17.2 Å². The number of nitrogens with two attached hydrogens (primary N) is 1. The molecule has 0 heterocycles. The maximum absolute atomic E-state index is 12.3. The highest BCUT2D eigenvalue weighted by Gasteiger charge is 2.15. The molecular formula is C15H14ClN3O2. The van der Waals surface area contributed by atoms with E-state index >= 15 is 0 Å². The molecule has 0 saturated carbocycles. The second-order valence-electron chi connectivity index (χ2n) is 4.28. The number of nitrogen functional groups attached to an aromatic ring is 1. The summed E-state index contributed by atoms with van der Waals surface area (Å²) in [5.74, 6) is -0.712. The van der Waals surface area contributed by atoms with Crippen molar-refractivity contribution in [3.8, 4) is 0 Å². The molecule has 108 valence electrons. The van der Waals surface area contributed by atoms with Crippen molar-refractivity contribution in [3.05, 3.63) is 58.6 Å². The van der Waals surface area contributed by atoms with Gasteiger partial charge in [0, 0.05) is 7.05 Å². The van der Waals surface area contributed by atoms with E-state index in [1.54, 1.807) is 42.5 Å². The molecule has 0 fully saturated rings. The van der Waals surface area contributed by atoms with Crippen molar-refractivity contribution in [2.45, 2.75) is 0 Å². The molecule has 0 radical (unpaired) electrons. The van der Waals surface area contributed by atoms with E-state index < -0.39 is 5.91 Å². The van der Waals surface area contributed by atoms with Gasteiger partial charge in [-0.2, -0.15) is 0 Å². The van der Waals surface area contributed by atoms with E-state index in [4.69, 9.17) is 17.3 Å². The summed E-state index contributed by atoms with van der Waals surface area (Å²) in [7, 11) is 1.52. The Balaban J connectivity index is 2.32. The number of benzene rings is 2. The molecule has 0 aromatic heterocycles. The fourth-order valence-corrected chi connectivity index (χ4v) is 2.02. The summed E-state index contributed by atoms with van der Waals surface area (Å²) >= 11 is 5.90.